The smallest absolute Gasteiger partial charge is 0.224 e. The summed E-state index contributed by atoms with van der Waals surface area (Å²) in [6.07, 6.45) is 10.2. The molecule has 1 amide bonds. The number of hydrogen-bond acceptors (Lipinski definition) is 7. The van der Waals surface area contributed by atoms with Crippen LogP contribution in [0.25, 0.3) is 27.6 Å². The van der Waals surface area contributed by atoms with Crippen molar-refractivity contribution in [3.05, 3.63) is 65.5 Å². The van der Waals surface area contributed by atoms with Crippen LogP contribution in [-0.4, -0.2) is 53.2 Å². The van der Waals surface area contributed by atoms with Crippen LogP contribution in [0, 0.1) is 5.92 Å². The van der Waals surface area contributed by atoms with E-state index < -0.39 is 0 Å². The van der Waals surface area contributed by atoms with Gasteiger partial charge in [-0.25, -0.2) is 14.6 Å². The predicted molar refractivity (Wildman–Crippen MR) is 140 cm³/mol. The minimum atomic E-state index is -0.0149. The SMILES string of the molecule is O=C(NCCc1cnc[nH]1)[C@@H]1CC[C@@H](Nc2ncc3c(Br)nn(-c4ccc5ncccc5c4)c3n2)C1. The number of amides is 1. The molecule has 11 heteroatoms. The standard InChI is InChI=1S/C25H24BrN9O/c26-22-20-13-30-25(32-17-4-3-16(10-17)24(36)29-9-7-18-12-27-14-31-18)33-23(20)35(34-22)19-5-6-21-15(11-19)2-1-8-28-21/h1-2,5-6,8,11-14,16-17H,3-4,7,9-10H2,(H,27,31)(H,29,36)(H,30,32,33)/t16-,17-/m1/s1. The van der Waals surface area contributed by atoms with E-state index in [4.69, 9.17) is 4.98 Å². The number of nitrogens with zero attached hydrogens (tertiary/aromatic N) is 6. The summed E-state index contributed by atoms with van der Waals surface area (Å²) >= 11 is 3.54. The van der Waals surface area contributed by atoms with Gasteiger partial charge in [0.25, 0.3) is 0 Å². The minimum absolute atomic E-state index is 0.0149. The van der Waals surface area contributed by atoms with Gasteiger partial charge in [-0.15, -0.1) is 0 Å². The van der Waals surface area contributed by atoms with Gasteiger partial charge in [0, 0.05) is 54.6 Å². The number of benzene rings is 1. The number of halogens is 1. The highest BCUT2D eigenvalue weighted by Crippen LogP contribution is 2.30. The lowest BCUT2D eigenvalue weighted by Gasteiger charge is -2.14. The van der Waals surface area contributed by atoms with Crippen LogP contribution in [0.15, 0.2) is 59.9 Å². The van der Waals surface area contributed by atoms with Crippen molar-refractivity contribution in [2.24, 2.45) is 5.92 Å². The Hall–Kier alpha value is -3.86. The number of hydrogen-bond donors (Lipinski definition) is 3. The van der Waals surface area contributed by atoms with Crippen LogP contribution < -0.4 is 10.6 Å². The summed E-state index contributed by atoms with van der Waals surface area (Å²) in [4.78, 5) is 33.4. The summed E-state index contributed by atoms with van der Waals surface area (Å²) in [7, 11) is 0. The third-order valence-electron chi connectivity index (χ3n) is 6.60. The molecule has 1 aromatic carbocycles. The van der Waals surface area contributed by atoms with Crippen molar-refractivity contribution in [1.82, 2.24) is 40.0 Å². The van der Waals surface area contributed by atoms with E-state index in [1.54, 1.807) is 24.9 Å². The molecule has 3 N–H and O–H groups in total. The zero-order valence-corrected chi connectivity index (χ0v) is 20.9. The maximum atomic E-state index is 12.6. The van der Waals surface area contributed by atoms with Gasteiger partial charge in [-0.05, 0) is 59.5 Å². The van der Waals surface area contributed by atoms with Crippen molar-refractivity contribution < 1.29 is 4.79 Å². The molecule has 182 valence electrons. The lowest BCUT2D eigenvalue weighted by molar-refractivity contribution is -0.124. The van der Waals surface area contributed by atoms with E-state index in [2.05, 4.69) is 51.6 Å². The first-order valence-electron chi connectivity index (χ1n) is 11.9. The molecule has 0 unspecified atom stereocenters. The summed E-state index contributed by atoms with van der Waals surface area (Å²) in [6.45, 7) is 0.596. The molecule has 0 saturated heterocycles. The summed E-state index contributed by atoms with van der Waals surface area (Å²) < 4.78 is 2.49. The van der Waals surface area contributed by atoms with Crippen molar-refractivity contribution in [3.8, 4) is 5.69 Å². The van der Waals surface area contributed by atoms with Crippen molar-refractivity contribution in [1.29, 1.82) is 0 Å². The molecule has 0 aliphatic heterocycles. The van der Waals surface area contributed by atoms with Gasteiger partial charge in [0.05, 0.1) is 22.9 Å². The summed E-state index contributed by atoms with van der Waals surface area (Å²) in [6, 6.07) is 10.1. The van der Waals surface area contributed by atoms with Crippen LogP contribution in [0.2, 0.25) is 0 Å². The second-order valence-electron chi connectivity index (χ2n) is 8.98. The number of anilines is 1. The molecule has 0 radical (unpaired) electrons. The maximum absolute atomic E-state index is 12.6. The van der Waals surface area contributed by atoms with Crippen LogP contribution in [0.5, 0.6) is 0 Å². The average molecular weight is 546 g/mol. The van der Waals surface area contributed by atoms with Crippen LogP contribution >= 0.6 is 15.9 Å². The van der Waals surface area contributed by atoms with Gasteiger partial charge in [0.2, 0.25) is 11.9 Å². The molecule has 4 heterocycles. The molecule has 1 aliphatic carbocycles. The monoisotopic (exact) mass is 545 g/mol. The Morgan fingerprint density at radius 3 is 3.03 bits per heavy atom. The fourth-order valence-corrected chi connectivity index (χ4v) is 5.17. The Labute approximate surface area is 215 Å². The van der Waals surface area contributed by atoms with E-state index in [0.717, 1.165) is 53.4 Å². The molecule has 0 bridgehead atoms. The Morgan fingerprint density at radius 2 is 2.14 bits per heavy atom. The number of carbonyl (C=O) groups excluding carboxylic acids is 1. The normalized spacial score (nSPS) is 17.6. The molecule has 1 saturated carbocycles. The van der Waals surface area contributed by atoms with Crippen LogP contribution in [0.1, 0.15) is 25.0 Å². The van der Waals surface area contributed by atoms with Gasteiger partial charge in [-0.2, -0.15) is 10.1 Å². The molecule has 0 spiro atoms. The second-order valence-corrected chi connectivity index (χ2v) is 9.73. The van der Waals surface area contributed by atoms with Crippen LogP contribution in [0.3, 0.4) is 0 Å². The van der Waals surface area contributed by atoms with E-state index in [1.165, 1.54) is 0 Å². The van der Waals surface area contributed by atoms with Gasteiger partial charge in [0.1, 0.15) is 4.60 Å². The highest BCUT2D eigenvalue weighted by atomic mass is 79.9. The summed E-state index contributed by atoms with van der Waals surface area (Å²) in [5.41, 5.74) is 3.53. The maximum Gasteiger partial charge on any atom is 0.224 e. The fraction of sp³-hybridized carbons (Fsp3) is 0.280. The molecule has 10 nitrogen and oxygen atoms in total. The number of nitrogens with one attached hydrogen (secondary N) is 3. The first-order chi connectivity index (χ1) is 17.6. The Bertz CT molecular complexity index is 1530. The number of aromatic amines is 1. The highest BCUT2D eigenvalue weighted by molar-refractivity contribution is 9.10. The largest absolute Gasteiger partial charge is 0.355 e. The van der Waals surface area contributed by atoms with E-state index >= 15 is 0 Å². The van der Waals surface area contributed by atoms with Crippen LogP contribution in [-0.2, 0) is 11.2 Å². The summed E-state index contributed by atoms with van der Waals surface area (Å²) in [5, 5.41) is 13.0. The number of aromatic nitrogens is 7. The molecule has 1 fully saturated rings. The lowest BCUT2D eigenvalue weighted by Crippen LogP contribution is -2.32. The average Bonchev–Trinajstić information content (AvgIpc) is 3.65. The third-order valence-corrected chi connectivity index (χ3v) is 7.18. The quantitative estimate of drug-likeness (QED) is 0.284. The van der Waals surface area contributed by atoms with Crippen LogP contribution in [0.4, 0.5) is 5.95 Å². The van der Waals surface area contributed by atoms with Crippen molar-refractivity contribution >= 4 is 49.7 Å². The molecule has 4 aromatic heterocycles. The molecular formula is C25H24BrN9O. The molecular weight excluding hydrogens is 522 g/mol. The first kappa shape index (κ1) is 22.6. The van der Waals surface area contributed by atoms with Crippen molar-refractivity contribution in [3.63, 3.8) is 0 Å². The number of imidazole rings is 1. The van der Waals surface area contributed by atoms with E-state index in [1.807, 2.05) is 35.0 Å². The van der Waals surface area contributed by atoms with Gasteiger partial charge >= 0.3 is 0 Å². The van der Waals surface area contributed by atoms with Gasteiger partial charge in [-0.1, -0.05) is 6.07 Å². The Balaban J connectivity index is 1.15. The Kier molecular flexibility index (Phi) is 6.06. The van der Waals surface area contributed by atoms with Crippen molar-refractivity contribution in [2.45, 2.75) is 31.7 Å². The highest BCUT2D eigenvalue weighted by Gasteiger charge is 2.30. The number of carbonyl (C=O) groups is 1. The molecule has 1 aliphatic rings. The zero-order chi connectivity index (χ0) is 24.5. The Morgan fingerprint density at radius 1 is 1.19 bits per heavy atom. The van der Waals surface area contributed by atoms with Gasteiger partial charge in [-0.3, -0.25) is 9.78 Å². The van der Waals surface area contributed by atoms with E-state index in [-0.39, 0.29) is 17.9 Å². The minimum Gasteiger partial charge on any atom is -0.355 e. The van der Waals surface area contributed by atoms with E-state index in [9.17, 15) is 4.79 Å². The topological polar surface area (TPSA) is 126 Å². The fourth-order valence-electron chi connectivity index (χ4n) is 4.73. The number of rotatable bonds is 7. The zero-order valence-electron chi connectivity index (χ0n) is 19.4. The first-order valence-corrected chi connectivity index (χ1v) is 12.7. The van der Waals surface area contributed by atoms with E-state index in [0.29, 0.717) is 22.7 Å². The lowest BCUT2D eigenvalue weighted by atomic mass is 10.1. The molecule has 5 aromatic rings. The molecule has 6 rings (SSSR count). The predicted octanol–water partition coefficient (Wildman–Crippen LogP) is 3.79. The third kappa shape index (κ3) is 4.53. The number of fused-ring (bicyclic) bond motifs is 2. The summed E-state index contributed by atoms with van der Waals surface area (Å²) in [5.74, 6) is 0.616. The number of pyridine rings is 1. The molecule has 2 atom stereocenters. The molecule has 36 heavy (non-hydrogen) atoms. The second kappa shape index (κ2) is 9.65. The van der Waals surface area contributed by atoms with Gasteiger partial charge in [0.15, 0.2) is 5.65 Å². The number of H-pyrrole nitrogens is 1. The van der Waals surface area contributed by atoms with Crippen molar-refractivity contribution in [2.75, 3.05) is 11.9 Å². The van der Waals surface area contributed by atoms with Gasteiger partial charge < -0.3 is 15.6 Å².